The van der Waals surface area contributed by atoms with Crippen molar-refractivity contribution in [1.29, 1.82) is 0 Å². The molecular weight excluding hydrogens is 305 g/mol. The minimum absolute atomic E-state index is 0.230. The van der Waals surface area contributed by atoms with Gasteiger partial charge in [-0.1, -0.05) is 17.7 Å². The highest BCUT2D eigenvalue weighted by molar-refractivity contribution is 9.10. The lowest BCUT2D eigenvalue weighted by atomic mass is 10.2. The number of nitrogens with one attached hydrogen (secondary N) is 1. The van der Waals surface area contributed by atoms with Crippen molar-refractivity contribution in [2.45, 2.75) is 6.92 Å². The highest BCUT2D eigenvalue weighted by Gasteiger charge is 2.12. The van der Waals surface area contributed by atoms with E-state index in [9.17, 15) is 4.79 Å². The zero-order valence-electron chi connectivity index (χ0n) is 8.96. The minimum atomic E-state index is -0.332. The van der Waals surface area contributed by atoms with Crippen LogP contribution in [0.1, 0.15) is 16.1 Å². The van der Waals surface area contributed by atoms with E-state index in [0.29, 0.717) is 15.4 Å². The molecule has 0 aliphatic heterocycles. The number of anilines is 1. The maximum absolute atomic E-state index is 11.8. The molecule has 1 aromatic heterocycles. The van der Waals surface area contributed by atoms with Crippen LogP contribution in [0.25, 0.3) is 0 Å². The SMILES string of the molecule is Cc1ccc(NC(=O)c2ccc(Br)o2)c(Cl)c1. The van der Waals surface area contributed by atoms with Crippen LogP contribution in [0.5, 0.6) is 0 Å². The van der Waals surface area contributed by atoms with E-state index in [2.05, 4.69) is 21.2 Å². The molecule has 3 nitrogen and oxygen atoms in total. The quantitative estimate of drug-likeness (QED) is 0.900. The van der Waals surface area contributed by atoms with Gasteiger partial charge in [-0.2, -0.15) is 0 Å². The smallest absolute Gasteiger partial charge is 0.291 e. The van der Waals surface area contributed by atoms with Gasteiger partial charge in [0.05, 0.1) is 10.7 Å². The van der Waals surface area contributed by atoms with E-state index in [1.54, 1.807) is 24.3 Å². The van der Waals surface area contributed by atoms with E-state index in [1.165, 1.54) is 0 Å². The zero-order chi connectivity index (χ0) is 12.4. The van der Waals surface area contributed by atoms with E-state index in [1.807, 2.05) is 13.0 Å². The predicted octanol–water partition coefficient (Wildman–Crippen LogP) is 4.26. The number of furan rings is 1. The Morgan fingerprint density at radius 2 is 2.12 bits per heavy atom. The van der Waals surface area contributed by atoms with Crippen molar-refractivity contribution in [2.75, 3.05) is 5.32 Å². The average Bonchev–Trinajstić information content (AvgIpc) is 2.69. The van der Waals surface area contributed by atoms with E-state index in [-0.39, 0.29) is 11.7 Å². The Morgan fingerprint density at radius 1 is 1.35 bits per heavy atom. The molecule has 0 saturated heterocycles. The van der Waals surface area contributed by atoms with Gasteiger partial charge in [0.15, 0.2) is 10.4 Å². The molecule has 1 aromatic carbocycles. The van der Waals surface area contributed by atoms with Gasteiger partial charge in [-0.15, -0.1) is 0 Å². The number of benzene rings is 1. The van der Waals surface area contributed by atoms with Gasteiger partial charge in [-0.25, -0.2) is 0 Å². The lowest BCUT2D eigenvalue weighted by Gasteiger charge is -2.06. The standard InChI is InChI=1S/C12H9BrClNO2/c1-7-2-3-9(8(14)6-7)15-12(16)10-4-5-11(13)17-10/h2-6H,1H3,(H,15,16). The summed E-state index contributed by atoms with van der Waals surface area (Å²) < 4.78 is 5.65. The third-order valence-corrected chi connectivity index (χ3v) is 2.91. The monoisotopic (exact) mass is 313 g/mol. The van der Waals surface area contributed by atoms with Gasteiger partial charge in [-0.3, -0.25) is 4.79 Å². The van der Waals surface area contributed by atoms with Crippen LogP contribution in [0.4, 0.5) is 5.69 Å². The van der Waals surface area contributed by atoms with Gasteiger partial charge in [0.1, 0.15) is 0 Å². The molecule has 1 amide bonds. The molecular formula is C12H9BrClNO2. The largest absolute Gasteiger partial charge is 0.444 e. The summed E-state index contributed by atoms with van der Waals surface area (Å²) in [6, 6.07) is 8.66. The van der Waals surface area contributed by atoms with Crippen molar-refractivity contribution in [1.82, 2.24) is 0 Å². The van der Waals surface area contributed by atoms with E-state index in [4.69, 9.17) is 16.0 Å². The van der Waals surface area contributed by atoms with Gasteiger partial charge in [-0.05, 0) is 52.7 Å². The van der Waals surface area contributed by atoms with Crippen LogP contribution in [0, 0.1) is 6.92 Å². The van der Waals surface area contributed by atoms with Crippen molar-refractivity contribution in [3.05, 3.63) is 51.3 Å². The van der Waals surface area contributed by atoms with Crippen molar-refractivity contribution >= 4 is 39.1 Å². The first kappa shape index (κ1) is 12.2. The van der Waals surface area contributed by atoms with Crippen molar-refractivity contribution < 1.29 is 9.21 Å². The highest BCUT2D eigenvalue weighted by atomic mass is 79.9. The number of amides is 1. The van der Waals surface area contributed by atoms with Gasteiger partial charge >= 0.3 is 0 Å². The molecule has 2 aromatic rings. The third kappa shape index (κ3) is 2.90. The van der Waals surface area contributed by atoms with Gasteiger partial charge in [0.25, 0.3) is 5.91 Å². The lowest BCUT2D eigenvalue weighted by molar-refractivity contribution is 0.0995. The Kier molecular flexibility index (Phi) is 3.54. The number of hydrogen-bond donors (Lipinski definition) is 1. The molecule has 0 unspecified atom stereocenters. The molecule has 5 heteroatoms. The summed E-state index contributed by atoms with van der Waals surface area (Å²) in [5, 5.41) is 3.19. The summed E-state index contributed by atoms with van der Waals surface area (Å²) in [7, 11) is 0. The molecule has 1 heterocycles. The first-order valence-corrected chi connectivity index (χ1v) is 6.06. The summed E-state index contributed by atoms with van der Waals surface area (Å²) in [4.78, 5) is 11.8. The topological polar surface area (TPSA) is 42.2 Å². The summed E-state index contributed by atoms with van der Waals surface area (Å²) in [6.07, 6.45) is 0. The number of hydrogen-bond acceptors (Lipinski definition) is 2. The van der Waals surface area contributed by atoms with Crippen LogP contribution in [-0.4, -0.2) is 5.91 Å². The molecule has 0 spiro atoms. The maximum atomic E-state index is 11.8. The fraction of sp³-hybridized carbons (Fsp3) is 0.0833. The van der Waals surface area contributed by atoms with E-state index < -0.39 is 0 Å². The average molecular weight is 315 g/mol. The second-order valence-electron chi connectivity index (χ2n) is 3.54. The van der Waals surface area contributed by atoms with Crippen molar-refractivity contribution in [3.63, 3.8) is 0 Å². The van der Waals surface area contributed by atoms with E-state index >= 15 is 0 Å². The van der Waals surface area contributed by atoms with Crippen molar-refractivity contribution in [2.24, 2.45) is 0 Å². The molecule has 0 bridgehead atoms. The van der Waals surface area contributed by atoms with E-state index in [0.717, 1.165) is 5.56 Å². The molecule has 0 fully saturated rings. The number of halogens is 2. The number of aryl methyl sites for hydroxylation is 1. The fourth-order valence-corrected chi connectivity index (χ4v) is 1.93. The van der Waals surface area contributed by atoms with Crippen LogP contribution in [0.2, 0.25) is 5.02 Å². The number of carbonyl (C=O) groups excluding carboxylic acids is 1. The van der Waals surface area contributed by atoms with Crippen LogP contribution < -0.4 is 5.32 Å². The first-order chi connectivity index (χ1) is 8.06. The number of carbonyl (C=O) groups is 1. The Hall–Kier alpha value is -1.26. The molecule has 1 N–H and O–H groups in total. The van der Waals surface area contributed by atoms with Crippen LogP contribution >= 0.6 is 27.5 Å². The predicted molar refractivity (Wildman–Crippen MR) is 70.6 cm³/mol. The molecule has 0 aliphatic carbocycles. The Labute approximate surface area is 112 Å². The minimum Gasteiger partial charge on any atom is -0.444 e. The Bertz CT molecular complexity index is 565. The molecule has 0 atom stereocenters. The number of rotatable bonds is 2. The molecule has 0 aliphatic rings. The van der Waals surface area contributed by atoms with Crippen LogP contribution in [0.3, 0.4) is 0 Å². The normalized spacial score (nSPS) is 10.3. The lowest BCUT2D eigenvalue weighted by Crippen LogP contribution is -2.11. The summed E-state index contributed by atoms with van der Waals surface area (Å²) in [6.45, 7) is 1.93. The Balaban J connectivity index is 2.18. The maximum Gasteiger partial charge on any atom is 0.291 e. The summed E-state index contributed by atoms with van der Waals surface area (Å²) in [5.41, 5.74) is 1.60. The van der Waals surface area contributed by atoms with Gasteiger partial charge in [0, 0.05) is 0 Å². The van der Waals surface area contributed by atoms with Crippen molar-refractivity contribution in [3.8, 4) is 0 Å². The van der Waals surface area contributed by atoms with Gasteiger partial charge < -0.3 is 9.73 Å². The molecule has 0 radical (unpaired) electrons. The fourth-order valence-electron chi connectivity index (χ4n) is 1.34. The highest BCUT2D eigenvalue weighted by Crippen LogP contribution is 2.24. The second-order valence-corrected chi connectivity index (χ2v) is 4.73. The summed E-state index contributed by atoms with van der Waals surface area (Å²) in [5.74, 6) is -0.102. The van der Waals surface area contributed by atoms with Crippen LogP contribution in [-0.2, 0) is 0 Å². The zero-order valence-corrected chi connectivity index (χ0v) is 11.3. The molecule has 88 valence electrons. The molecule has 0 saturated carbocycles. The molecule has 17 heavy (non-hydrogen) atoms. The van der Waals surface area contributed by atoms with Gasteiger partial charge in [0.2, 0.25) is 0 Å². The Morgan fingerprint density at radius 3 is 2.71 bits per heavy atom. The second kappa shape index (κ2) is 4.94. The first-order valence-electron chi connectivity index (χ1n) is 4.89. The van der Waals surface area contributed by atoms with Crippen LogP contribution in [0.15, 0.2) is 39.4 Å². The molecule has 2 rings (SSSR count). The third-order valence-electron chi connectivity index (χ3n) is 2.17. The summed E-state index contributed by atoms with van der Waals surface area (Å²) >= 11 is 9.15.